The van der Waals surface area contributed by atoms with E-state index in [-0.39, 0.29) is 39.6 Å². The number of hydrogen-bond donors (Lipinski definition) is 2. The van der Waals surface area contributed by atoms with Gasteiger partial charge in [-0.2, -0.15) is 0 Å². The lowest BCUT2D eigenvalue weighted by molar-refractivity contribution is 0.102. The van der Waals surface area contributed by atoms with E-state index < -0.39 is 17.5 Å². The van der Waals surface area contributed by atoms with Crippen molar-refractivity contribution >= 4 is 28.9 Å². The number of pyridine rings is 1. The van der Waals surface area contributed by atoms with E-state index in [9.17, 15) is 9.18 Å². The number of nitrogens with two attached hydrogens (primary N) is 1. The number of carbonyl (C=O) groups is 1. The maximum atomic E-state index is 15.5. The molecule has 2 atom stereocenters. The Morgan fingerprint density at radius 3 is 2.76 bits per heavy atom. The Bertz CT molecular complexity index is 1210. The zero-order chi connectivity index (χ0) is 23.7. The number of carbonyl (C=O) groups excluding carboxylic acids is 1. The lowest BCUT2D eigenvalue weighted by Crippen LogP contribution is -2.30. The molecule has 1 aliphatic heterocycles. The molecule has 0 aliphatic carbocycles. The number of anilines is 2. The van der Waals surface area contributed by atoms with Crippen LogP contribution in [0, 0.1) is 11.6 Å². The molecule has 1 amide bonds. The van der Waals surface area contributed by atoms with Crippen LogP contribution in [0.4, 0.5) is 20.2 Å². The summed E-state index contributed by atoms with van der Waals surface area (Å²) in [7, 11) is 1.43. The molecule has 3 N–H and O–H groups in total. The standard InChI is InChI=1S/C24H23ClF2N4O2/c1-13-10-15(28)12-31(13)19-7-6-14(26)11-18(19)30-24(32)16-8-9-29-23(22(16)27)21-17(25)4-3-5-20(21)33-2/h3-9,11,13,15H,10,12,28H2,1-2H3,(H,30,32). The Hall–Kier alpha value is -3.23. The molecule has 33 heavy (non-hydrogen) atoms. The molecule has 6 nitrogen and oxygen atoms in total. The molecule has 0 saturated carbocycles. The van der Waals surface area contributed by atoms with Gasteiger partial charge in [-0.05, 0) is 49.7 Å². The molecular formula is C24H23ClF2N4O2. The third kappa shape index (κ3) is 4.49. The summed E-state index contributed by atoms with van der Waals surface area (Å²) in [4.78, 5) is 19.2. The number of methoxy groups -OCH3 is 1. The summed E-state index contributed by atoms with van der Waals surface area (Å²) < 4.78 is 34.8. The maximum absolute atomic E-state index is 15.5. The molecular weight excluding hydrogens is 450 g/mol. The highest BCUT2D eigenvalue weighted by atomic mass is 35.5. The van der Waals surface area contributed by atoms with E-state index in [1.54, 1.807) is 24.3 Å². The van der Waals surface area contributed by atoms with Gasteiger partial charge in [0.2, 0.25) is 0 Å². The van der Waals surface area contributed by atoms with Crippen molar-refractivity contribution in [2.75, 3.05) is 23.9 Å². The van der Waals surface area contributed by atoms with Crippen LogP contribution in [0.5, 0.6) is 5.75 Å². The van der Waals surface area contributed by atoms with Gasteiger partial charge in [-0.3, -0.25) is 9.78 Å². The van der Waals surface area contributed by atoms with Crippen LogP contribution in [-0.2, 0) is 0 Å². The van der Waals surface area contributed by atoms with E-state index in [4.69, 9.17) is 22.1 Å². The molecule has 1 aromatic heterocycles. The number of rotatable bonds is 5. The van der Waals surface area contributed by atoms with E-state index in [1.807, 2.05) is 11.8 Å². The summed E-state index contributed by atoms with van der Waals surface area (Å²) in [5, 5.41) is 2.88. The summed E-state index contributed by atoms with van der Waals surface area (Å²) >= 11 is 6.27. The van der Waals surface area contributed by atoms with E-state index in [2.05, 4.69) is 10.3 Å². The van der Waals surface area contributed by atoms with Crippen molar-refractivity contribution in [1.82, 2.24) is 4.98 Å². The second-order valence-electron chi connectivity index (χ2n) is 7.95. The van der Waals surface area contributed by atoms with Gasteiger partial charge in [0.15, 0.2) is 5.82 Å². The van der Waals surface area contributed by atoms with Crippen LogP contribution in [0.15, 0.2) is 48.7 Å². The van der Waals surface area contributed by atoms with Crippen molar-refractivity contribution in [2.24, 2.45) is 5.73 Å². The molecule has 1 aliphatic rings. The SMILES string of the molecule is COc1cccc(Cl)c1-c1nccc(C(=O)Nc2cc(F)ccc2N2CC(N)CC2C)c1F. The highest BCUT2D eigenvalue weighted by Crippen LogP contribution is 2.38. The monoisotopic (exact) mass is 472 g/mol. The van der Waals surface area contributed by atoms with Crippen molar-refractivity contribution in [1.29, 1.82) is 0 Å². The Morgan fingerprint density at radius 2 is 2.06 bits per heavy atom. The van der Waals surface area contributed by atoms with E-state index in [0.717, 1.165) is 6.42 Å². The fraction of sp³-hybridized carbons (Fsp3) is 0.250. The topological polar surface area (TPSA) is 80.5 Å². The minimum absolute atomic E-state index is 0.0283. The molecule has 172 valence electrons. The van der Waals surface area contributed by atoms with Gasteiger partial charge in [0.25, 0.3) is 5.91 Å². The Kier molecular flexibility index (Phi) is 6.49. The summed E-state index contributed by atoms with van der Waals surface area (Å²) in [6.07, 6.45) is 2.08. The number of amides is 1. The number of nitrogens with one attached hydrogen (secondary N) is 1. The molecule has 0 radical (unpaired) electrons. The van der Waals surface area contributed by atoms with Gasteiger partial charge in [-0.15, -0.1) is 0 Å². The van der Waals surface area contributed by atoms with E-state index >= 15 is 4.39 Å². The number of nitrogens with zero attached hydrogens (tertiary/aromatic N) is 2. The average molecular weight is 473 g/mol. The first-order chi connectivity index (χ1) is 15.8. The van der Waals surface area contributed by atoms with Crippen LogP contribution in [0.3, 0.4) is 0 Å². The van der Waals surface area contributed by atoms with Crippen LogP contribution in [0.1, 0.15) is 23.7 Å². The molecule has 9 heteroatoms. The fourth-order valence-corrected chi connectivity index (χ4v) is 4.41. The van der Waals surface area contributed by atoms with Crippen LogP contribution >= 0.6 is 11.6 Å². The highest BCUT2D eigenvalue weighted by molar-refractivity contribution is 6.33. The molecule has 0 bridgehead atoms. The number of benzene rings is 2. The molecule has 4 rings (SSSR count). The average Bonchev–Trinajstić information content (AvgIpc) is 3.11. The number of halogens is 3. The van der Waals surface area contributed by atoms with Crippen LogP contribution < -0.4 is 20.7 Å². The van der Waals surface area contributed by atoms with Gasteiger partial charge in [0, 0.05) is 24.8 Å². The smallest absolute Gasteiger partial charge is 0.258 e. The molecule has 1 saturated heterocycles. The van der Waals surface area contributed by atoms with Gasteiger partial charge in [0.05, 0.1) is 34.6 Å². The van der Waals surface area contributed by atoms with Crippen molar-refractivity contribution in [2.45, 2.75) is 25.4 Å². The van der Waals surface area contributed by atoms with Gasteiger partial charge in [-0.1, -0.05) is 17.7 Å². The summed E-state index contributed by atoms with van der Waals surface area (Å²) in [5.41, 5.74) is 6.77. The molecule has 2 aromatic carbocycles. The van der Waals surface area contributed by atoms with Gasteiger partial charge in [0.1, 0.15) is 17.3 Å². The maximum Gasteiger partial charge on any atom is 0.258 e. The molecule has 0 spiro atoms. The predicted molar refractivity (Wildman–Crippen MR) is 125 cm³/mol. The first kappa shape index (κ1) is 22.9. The van der Waals surface area contributed by atoms with Crippen molar-refractivity contribution in [3.05, 3.63) is 70.9 Å². The third-order valence-corrected chi connectivity index (χ3v) is 6.00. The molecule has 1 fully saturated rings. The first-order valence-corrected chi connectivity index (χ1v) is 10.8. The van der Waals surface area contributed by atoms with Crippen molar-refractivity contribution in [3.8, 4) is 17.0 Å². The number of aromatic nitrogens is 1. The van der Waals surface area contributed by atoms with Crippen molar-refractivity contribution < 1.29 is 18.3 Å². The Morgan fingerprint density at radius 1 is 1.27 bits per heavy atom. The normalized spacial score (nSPS) is 17.8. The minimum Gasteiger partial charge on any atom is -0.496 e. The van der Waals surface area contributed by atoms with Gasteiger partial charge < -0.3 is 20.7 Å². The molecule has 2 heterocycles. The Labute approximate surface area is 195 Å². The summed E-state index contributed by atoms with van der Waals surface area (Å²) in [6, 6.07) is 10.3. The van der Waals surface area contributed by atoms with Gasteiger partial charge >= 0.3 is 0 Å². The van der Waals surface area contributed by atoms with Crippen molar-refractivity contribution in [3.63, 3.8) is 0 Å². The van der Waals surface area contributed by atoms with Crippen LogP contribution in [0.2, 0.25) is 5.02 Å². The van der Waals surface area contributed by atoms with E-state index in [1.165, 1.54) is 31.5 Å². The quantitative estimate of drug-likeness (QED) is 0.554. The van der Waals surface area contributed by atoms with Crippen LogP contribution in [-0.4, -0.2) is 36.6 Å². The second-order valence-corrected chi connectivity index (χ2v) is 8.36. The highest BCUT2D eigenvalue weighted by Gasteiger charge is 2.29. The first-order valence-electron chi connectivity index (χ1n) is 10.4. The lowest BCUT2D eigenvalue weighted by atomic mass is 10.1. The number of hydrogen-bond acceptors (Lipinski definition) is 5. The second kappa shape index (κ2) is 9.33. The lowest BCUT2D eigenvalue weighted by Gasteiger charge is -2.26. The zero-order valence-corrected chi connectivity index (χ0v) is 18.9. The summed E-state index contributed by atoms with van der Waals surface area (Å²) in [5.74, 6) is -1.82. The number of ether oxygens (including phenoxy) is 1. The predicted octanol–water partition coefficient (Wildman–Crippen LogP) is 4.87. The largest absolute Gasteiger partial charge is 0.496 e. The van der Waals surface area contributed by atoms with Gasteiger partial charge in [-0.25, -0.2) is 8.78 Å². The minimum atomic E-state index is -0.865. The van der Waals surface area contributed by atoms with Crippen LogP contribution in [0.25, 0.3) is 11.3 Å². The zero-order valence-electron chi connectivity index (χ0n) is 18.1. The molecule has 2 unspecified atom stereocenters. The Balaban J connectivity index is 1.71. The fourth-order valence-electron chi connectivity index (χ4n) is 4.15. The third-order valence-electron chi connectivity index (χ3n) is 5.69. The van der Waals surface area contributed by atoms with E-state index in [0.29, 0.717) is 18.0 Å². The summed E-state index contributed by atoms with van der Waals surface area (Å²) in [6.45, 7) is 2.57. The molecule has 3 aromatic rings.